The molecule has 0 spiro atoms. The summed E-state index contributed by atoms with van der Waals surface area (Å²) < 4.78 is 2.84. The van der Waals surface area contributed by atoms with E-state index in [2.05, 4.69) is 29.9 Å². The molecule has 1 aliphatic carbocycles. The fourth-order valence-corrected chi connectivity index (χ4v) is 2.48. The van der Waals surface area contributed by atoms with Gasteiger partial charge in [0.2, 0.25) is 0 Å². The summed E-state index contributed by atoms with van der Waals surface area (Å²) in [6.07, 6.45) is 13.4. The van der Waals surface area contributed by atoms with Gasteiger partial charge in [0.25, 0.3) is 0 Å². The monoisotopic (exact) mass is 234 g/mol. The summed E-state index contributed by atoms with van der Waals surface area (Å²) in [4.78, 5) is 3.28. The molecule has 2 rings (SSSR count). The van der Waals surface area contributed by atoms with Crippen LogP contribution in [-0.2, 0) is 13.0 Å². The number of imidazole rings is 1. The molecule has 0 fully saturated rings. The number of rotatable bonds is 4. The molecule has 1 aromatic rings. The highest BCUT2D eigenvalue weighted by atomic mass is 32.1. The van der Waals surface area contributed by atoms with Crippen molar-refractivity contribution < 1.29 is 0 Å². The lowest BCUT2D eigenvalue weighted by Gasteiger charge is -2.16. The van der Waals surface area contributed by atoms with Gasteiger partial charge in [-0.25, -0.2) is 0 Å². The third kappa shape index (κ3) is 2.73. The number of aromatic amines is 1. The van der Waals surface area contributed by atoms with E-state index in [4.69, 9.17) is 12.2 Å². The standard InChI is InChI=1S/C13H18N2S/c1-2-8-15-10-12(14-13(15)16)9-11-6-4-3-5-7-11/h2-4,10-11H,1,5-9H2,(H,14,16). The number of nitrogens with one attached hydrogen (secondary N) is 1. The zero-order valence-electron chi connectivity index (χ0n) is 9.48. The van der Waals surface area contributed by atoms with Crippen molar-refractivity contribution in [3.8, 4) is 0 Å². The first-order valence-corrected chi connectivity index (χ1v) is 6.24. The van der Waals surface area contributed by atoms with Gasteiger partial charge in [-0.3, -0.25) is 0 Å². The molecule has 2 nitrogen and oxygen atoms in total. The Morgan fingerprint density at radius 2 is 2.44 bits per heavy atom. The van der Waals surface area contributed by atoms with Crippen LogP contribution in [0.25, 0.3) is 0 Å². The minimum atomic E-state index is 0.773. The molecular weight excluding hydrogens is 216 g/mol. The Morgan fingerprint density at radius 3 is 3.12 bits per heavy atom. The first-order chi connectivity index (χ1) is 7.79. The average molecular weight is 234 g/mol. The molecule has 0 aromatic carbocycles. The molecule has 0 bridgehead atoms. The molecular formula is C13H18N2S. The Labute approximate surface area is 102 Å². The van der Waals surface area contributed by atoms with Gasteiger partial charge in [0.05, 0.1) is 0 Å². The maximum atomic E-state index is 5.25. The number of allylic oxidation sites excluding steroid dienone is 3. The first kappa shape index (κ1) is 11.4. The highest BCUT2D eigenvalue weighted by Crippen LogP contribution is 2.21. The maximum Gasteiger partial charge on any atom is 0.177 e. The average Bonchev–Trinajstić information content (AvgIpc) is 2.61. The van der Waals surface area contributed by atoms with Crippen molar-refractivity contribution in [3.05, 3.63) is 41.5 Å². The molecule has 0 radical (unpaired) electrons. The molecule has 16 heavy (non-hydrogen) atoms. The number of nitrogens with zero attached hydrogens (tertiary/aromatic N) is 1. The molecule has 1 aromatic heterocycles. The van der Waals surface area contributed by atoms with Gasteiger partial charge < -0.3 is 9.55 Å². The minimum absolute atomic E-state index is 0.773. The van der Waals surface area contributed by atoms with Gasteiger partial charge in [-0.05, 0) is 43.8 Å². The summed E-state index contributed by atoms with van der Waals surface area (Å²) in [5, 5.41) is 0. The Bertz CT molecular complexity index is 439. The van der Waals surface area contributed by atoms with Crippen molar-refractivity contribution >= 4 is 12.2 Å². The SMILES string of the molecule is C=CCn1cc(CC2CC=CCC2)[nH]c1=S. The van der Waals surface area contributed by atoms with Gasteiger partial charge in [0, 0.05) is 18.4 Å². The van der Waals surface area contributed by atoms with Gasteiger partial charge >= 0.3 is 0 Å². The lowest BCUT2D eigenvalue weighted by atomic mass is 9.90. The van der Waals surface area contributed by atoms with Gasteiger partial charge in [0.1, 0.15) is 0 Å². The van der Waals surface area contributed by atoms with E-state index >= 15 is 0 Å². The fraction of sp³-hybridized carbons (Fsp3) is 0.462. The van der Waals surface area contributed by atoms with E-state index in [-0.39, 0.29) is 0 Å². The van der Waals surface area contributed by atoms with Crippen molar-refractivity contribution in [1.29, 1.82) is 0 Å². The molecule has 3 heteroatoms. The van der Waals surface area contributed by atoms with E-state index in [1.807, 2.05) is 10.6 Å². The highest BCUT2D eigenvalue weighted by Gasteiger charge is 2.11. The molecule has 1 aliphatic rings. The van der Waals surface area contributed by atoms with Crippen molar-refractivity contribution in [2.45, 2.75) is 32.2 Å². The third-order valence-corrected chi connectivity index (χ3v) is 3.39. The fourth-order valence-electron chi connectivity index (χ4n) is 2.22. The number of H-pyrrole nitrogens is 1. The van der Waals surface area contributed by atoms with Crippen LogP contribution in [0.4, 0.5) is 0 Å². The molecule has 0 saturated carbocycles. The van der Waals surface area contributed by atoms with Gasteiger partial charge in [-0.1, -0.05) is 18.2 Å². The molecule has 0 aliphatic heterocycles. The molecule has 1 N–H and O–H groups in total. The minimum Gasteiger partial charge on any atom is -0.335 e. The quantitative estimate of drug-likeness (QED) is 0.623. The van der Waals surface area contributed by atoms with E-state index in [9.17, 15) is 0 Å². The molecule has 0 amide bonds. The molecule has 0 saturated heterocycles. The molecule has 1 atom stereocenters. The van der Waals surface area contributed by atoms with Crippen LogP contribution in [-0.4, -0.2) is 9.55 Å². The Morgan fingerprint density at radius 1 is 1.56 bits per heavy atom. The second kappa shape index (κ2) is 5.30. The normalized spacial score (nSPS) is 19.9. The zero-order valence-corrected chi connectivity index (χ0v) is 10.3. The molecule has 1 unspecified atom stereocenters. The van der Waals surface area contributed by atoms with Crippen LogP contribution in [0.1, 0.15) is 25.0 Å². The van der Waals surface area contributed by atoms with E-state index < -0.39 is 0 Å². The largest absolute Gasteiger partial charge is 0.335 e. The van der Waals surface area contributed by atoms with E-state index in [1.54, 1.807) is 0 Å². The van der Waals surface area contributed by atoms with Crippen LogP contribution in [0, 0.1) is 10.7 Å². The van der Waals surface area contributed by atoms with Crippen LogP contribution in [0.15, 0.2) is 31.0 Å². The van der Waals surface area contributed by atoms with E-state index in [0.29, 0.717) is 0 Å². The summed E-state index contributed by atoms with van der Waals surface area (Å²) in [7, 11) is 0. The highest BCUT2D eigenvalue weighted by molar-refractivity contribution is 7.71. The van der Waals surface area contributed by atoms with Crippen molar-refractivity contribution in [2.24, 2.45) is 5.92 Å². The first-order valence-electron chi connectivity index (χ1n) is 5.84. The molecule has 86 valence electrons. The second-order valence-electron chi connectivity index (χ2n) is 4.38. The summed E-state index contributed by atoms with van der Waals surface area (Å²) in [5.41, 5.74) is 1.26. The summed E-state index contributed by atoms with van der Waals surface area (Å²) in [6.45, 7) is 4.52. The van der Waals surface area contributed by atoms with Crippen molar-refractivity contribution in [2.75, 3.05) is 0 Å². The number of hydrogen-bond donors (Lipinski definition) is 1. The zero-order chi connectivity index (χ0) is 11.4. The number of hydrogen-bond acceptors (Lipinski definition) is 1. The van der Waals surface area contributed by atoms with Gasteiger partial charge in [-0.15, -0.1) is 6.58 Å². The van der Waals surface area contributed by atoms with E-state index in [0.717, 1.165) is 23.7 Å². The lowest BCUT2D eigenvalue weighted by molar-refractivity contribution is 0.473. The van der Waals surface area contributed by atoms with Crippen LogP contribution in [0.5, 0.6) is 0 Å². The summed E-state index contributed by atoms with van der Waals surface area (Å²) in [6, 6.07) is 0. The number of aromatic nitrogens is 2. The maximum absolute atomic E-state index is 5.25. The topological polar surface area (TPSA) is 20.7 Å². The Hall–Kier alpha value is -1.09. The third-order valence-electron chi connectivity index (χ3n) is 3.05. The summed E-state index contributed by atoms with van der Waals surface area (Å²) in [5.74, 6) is 0.773. The lowest BCUT2D eigenvalue weighted by Crippen LogP contribution is -2.06. The Kier molecular flexibility index (Phi) is 3.78. The Balaban J connectivity index is 2.04. The van der Waals surface area contributed by atoms with Crippen LogP contribution in [0.2, 0.25) is 0 Å². The van der Waals surface area contributed by atoms with E-state index in [1.165, 1.54) is 25.0 Å². The molecule has 1 heterocycles. The van der Waals surface area contributed by atoms with Crippen molar-refractivity contribution in [1.82, 2.24) is 9.55 Å². The van der Waals surface area contributed by atoms with Gasteiger partial charge in [-0.2, -0.15) is 0 Å². The van der Waals surface area contributed by atoms with Crippen LogP contribution >= 0.6 is 12.2 Å². The predicted octanol–water partition coefficient (Wildman–Crippen LogP) is 3.63. The van der Waals surface area contributed by atoms with Gasteiger partial charge in [0.15, 0.2) is 4.77 Å². The predicted molar refractivity (Wildman–Crippen MR) is 70.0 cm³/mol. The van der Waals surface area contributed by atoms with Crippen LogP contribution < -0.4 is 0 Å². The smallest absolute Gasteiger partial charge is 0.177 e. The second-order valence-corrected chi connectivity index (χ2v) is 4.77. The summed E-state index contributed by atoms with van der Waals surface area (Å²) >= 11 is 5.25. The van der Waals surface area contributed by atoms with Crippen LogP contribution in [0.3, 0.4) is 0 Å². The van der Waals surface area contributed by atoms with Crippen molar-refractivity contribution in [3.63, 3.8) is 0 Å².